The maximum atomic E-state index is 13.9. The molecule has 3 saturated carbocycles. The summed E-state index contributed by atoms with van der Waals surface area (Å²) in [5.74, 6) is 0.343. The lowest BCUT2D eigenvalue weighted by Crippen LogP contribution is -2.63. The Morgan fingerprint density at radius 2 is 1.62 bits per heavy atom. The average Bonchev–Trinajstić information content (AvgIpc) is 2.74. The molecule has 4 nitrogen and oxygen atoms in total. The zero-order valence-electron chi connectivity index (χ0n) is 22.3. The lowest BCUT2D eigenvalue weighted by atomic mass is 9.35. The highest BCUT2D eigenvalue weighted by atomic mass is 16.4. The normalized spacial score (nSPS) is 51.8. The summed E-state index contributed by atoms with van der Waals surface area (Å²) in [5.41, 5.74) is 0.634. The number of hydrogen-bond donors (Lipinski definition) is 2. The van der Waals surface area contributed by atoms with E-state index in [1.165, 1.54) is 5.57 Å². The Morgan fingerprint density at radius 3 is 2.26 bits per heavy atom. The number of aliphatic hydroxyl groups is 1. The van der Waals surface area contributed by atoms with E-state index in [4.69, 9.17) is 0 Å². The maximum absolute atomic E-state index is 13.9. The van der Waals surface area contributed by atoms with E-state index < -0.39 is 16.8 Å². The molecule has 188 valence electrons. The third kappa shape index (κ3) is 2.70. The molecule has 0 radical (unpaired) electrons. The fraction of sp³-hybridized carbons (Fsp3) is 0.800. The van der Waals surface area contributed by atoms with Gasteiger partial charge in [0, 0.05) is 17.3 Å². The average molecular weight is 469 g/mol. The van der Waals surface area contributed by atoms with Gasteiger partial charge in [-0.2, -0.15) is 0 Å². The van der Waals surface area contributed by atoms with E-state index in [9.17, 15) is 19.8 Å². The molecule has 0 aliphatic heterocycles. The molecule has 2 N–H and O–H groups in total. The van der Waals surface area contributed by atoms with Crippen LogP contribution >= 0.6 is 0 Å². The first-order valence-electron chi connectivity index (χ1n) is 13.4. The lowest BCUT2D eigenvalue weighted by molar-refractivity contribution is -0.183. The SMILES string of the molecule is CC1(C)[C@@H](O)CC[C@]2(C)[C@H]3C=CC4=C5C[C@@](C)(C(=O)O)CC[C@]5(C)C(=O)C[C@@]4(C)[C@]3(C)CC[C@@H]12. The van der Waals surface area contributed by atoms with Crippen LogP contribution in [0.1, 0.15) is 99.8 Å². The number of aliphatic carboxylic acids is 1. The summed E-state index contributed by atoms with van der Waals surface area (Å²) >= 11 is 0. The topological polar surface area (TPSA) is 74.6 Å². The Morgan fingerprint density at radius 1 is 0.941 bits per heavy atom. The molecule has 0 unspecified atom stereocenters. The van der Waals surface area contributed by atoms with Gasteiger partial charge in [0.1, 0.15) is 5.78 Å². The molecule has 8 atom stereocenters. The Bertz CT molecular complexity index is 1020. The number of aliphatic hydroxyl groups excluding tert-OH is 1. The fourth-order valence-electron chi connectivity index (χ4n) is 9.69. The number of fused-ring (bicyclic) bond motifs is 6. The Hall–Kier alpha value is -1.42. The smallest absolute Gasteiger partial charge is 0.309 e. The molecule has 0 bridgehead atoms. The number of Topliss-reactive ketones (excluding diaryl/α,β-unsaturated/α-hetero) is 1. The molecular weight excluding hydrogens is 424 g/mol. The predicted octanol–water partition coefficient (Wildman–Crippen LogP) is 6.33. The standard InChI is InChI=1S/C30H44O4/c1-25(2)20-10-13-29(6)21(28(20,5)12-11-22(25)31)9-8-18-19-16-26(3,24(33)34)14-15-27(19,4)23(32)17-30(18,29)7/h8-9,20-22,31H,10-17H2,1-7H3,(H,33,34)/t20-,21+,22-,26-,27-,28-,29+,30+/m0/s1. The second-order valence-corrected chi connectivity index (χ2v) is 14.4. The van der Waals surface area contributed by atoms with E-state index in [1.807, 2.05) is 6.92 Å². The molecule has 4 heteroatoms. The predicted molar refractivity (Wildman–Crippen MR) is 133 cm³/mol. The van der Waals surface area contributed by atoms with E-state index in [0.29, 0.717) is 43.3 Å². The molecule has 5 aliphatic carbocycles. The molecule has 0 saturated heterocycles. The van der Waals surface area contributed by atoms with E-state index >= 15 is 0 Å². The zero-order valence-corrected chi connectivity index (χ0v) is 22.3. The molecule has 0 aromatic rings. The van der Waals surface area contributed by atoms with Crippen LogP contribution < -0.4 is 0 Å². The first-order chi connectivity index (χ1) is 15.6. The van der Waals surface area contributed by atoms with Crippen LogP contribution in [0, 0.1) is 44.3 Å². The quantitative estimate of drug-likeness (QED) is 0.471. The van der Waals surface area contributed by atoms with Crippen molar-refractivity contribution in [3.05, 3.63) is 23.3 Å². The van der Waals surface area contributed by atoms with Gasteiger partial charge in [-0.25, -0.2) is 0 Å². The molecule has 0 heterocycles. The van der Waals surface area contributed by atoms with Crippen LogP contribution in [0.15, 0.2) is 23.3 Å². The molecule has 5 rings (SSSR count). The summed E-state index contributed by atoms with van der Waals surface area (Å²) in [6, 6.07) is 0. The van der Waals surface area contributed by atoms with E-state index in [2.05, 4.69) is 53.7 Å². The van der Waals surface area contributed by atoms with Crippen molar-refractivity contribution in [2.24, 2.45) is 44.3 Å². The van der Waals surface area contributed by atoms with E-state index in [1.54, 1.807) is 0 Å². The largest absolute Gasteiger partial charge is 0.481 e. The van der Waals surface area contributed by atoms with Crippen LogP contribution in [0.5, 0.6) is 0 Å². The third-order valence-corrected chi connectivity index (χ3v) is 12.5. The van der Waals surface area contributed by atoms with Gasteiger partial charge >= 0.3 is 5.97 Å². The Kier molecular flexibility index (Phi) is 4.90. The van der Waals surface area contributed by atoms with Crippen molar-refractivity contribution >= 4 is 11.8 Å². The van der Waals surface area contributed by atoms with Crippen LogP contribution in [0.25, 0.3) is 0 Å². The highest BCUT2D eigenvalue weighted by molar-refractivity contribution is 5.92. The number of hydrogen-bond acceptors (Lipinski definition) is 3. The van der Waals surface area contributed by atoms with Crippen molar-refractivity contribution in [1.82, 2.24) is 0 Å². The minimum Gasteiger partial charge on any atom is -0.481 e. The second kappa shape index (κ2) is 6.87. The summed E-state index contributed by atoms with van der Waals surface area (Å²) in [4.78, 5) is 26.1. The number of rotatable bonds is 1. The van der Waals surface area contributed by atoms with Crippen LogP contribution in [-0.2, 0) is 9.59 Å². The van der Waals surface area contributed by atoms with Gasteiger partial charge in [-0.3, -0.25) is 9.59 Å². The van der Waals surface area contributed by atoms with Crippen molar-refractivity contribution in [3.8, 4) is 0 Å². The molecule has 0 spiro atoms. The van der Waals surface area contributed by atoms with Crippen molar-refractivity contribution in [2.75, 3.05) is 0 Å². The van der Waals surface area contributed by atoms with Gasteiger partial charge < -0.3 is 10.2 Å². The number of allylic oxidation sites excluding steroid dienone is 4. The minimum atomic E-state index is -0.806. The number of carbonyl (C=O) groups excluding carboxylic acids is 1. The molecule has 0 aromatic heterocycles. The molecule has 3 fully saturated rings. The fourth-order valence-corrected chi connectivity index (χ4v) is 9.69. The van der Waals surface area contributed by atoms with Gasteiger partial charge in [0.2, 0.25) is 0 Å². The van der Waals surface area contributed by atoms with E-state index in [0.717, 1.165) is 31.3 Å². The maximum Gasteiger partial charge on any atom is 0.309 e. The monoisotopic (exact) mass is 468 g/mol. The number of carboxylic acids is 1. The molecule has 0 amide bonds. The van der Waals surface area contributed by atoms with Gasteiger partial charge in [-0.1, -0.05) is 52.3 Å². The van der Waals surface area contributed by atoms with Crippen LogP contribution in [0.4, 0.5) is 0 Å². The Labute approximate surface area is 205 Å². The lowest BCUT2D eigenvalue weighted by Gasteiger charge is -2.69. The van der Waals surface area contributed by atoms with Crippen LogP contribution in [-0.4, -0.2) is 28.1 Å². The summed E-state index contributed by atoms with van der Waals surface area (Å²) in [5, 5.41) is 20.9. The Balaban J connectivity index is 1.68. The zero-order chi connectivity index (χ0) is 25.1. The highest BCUT2D eigenvalue weighted by Crippen LogP contribution is 2.73. The highest BCUT2D eigenvalue weighted by Gasteiger charge is 2.67. The number of carboxylic acid groups (broad SMARTS) is 1. The van der Waals surface area contributed by atoms with Gasteiger partial charge in [0.05, 0.1) is 11.5 Å². The summed E-state index contributed by atoms with van der Waals surface area (Å²) in [7, 11) is 0. The number of ketones is 1. The van der Waals surface area contributed by atoms with Crippen LogP contribution in [0.3, 0.4) is 0 Å². The van der Waals surface area contributed by atoms with Gasteiger partial charge in [0.15, 0.2) is 0 Å². The second-order valence-electron chi connectivity index (χ2n) is 14.4. The number of carbonyl (C=O) groups is 2. The van der Waals surface area contributed by atoms with Gasteiger partial charge in [0.25, 0.3) is 0 Å². The van der Waals surface area contributed by atoms with Gasteiger partial charge in [-0.15, -0.1) is 0 Å². The summed E-state index contributed by atoms with van der Waals surface area (Å²) < 4.78 is 0. The first-order valence-corrected chi connectivity index (χ1v) is 13.4. The van der Waals surface area contributed by atoms with Crippen molar-refractivity contribution in [3.63, 3.8) is 0 Å². The van der Waals surface area contributed by atoms with Crippen molar-refractivity contribution in [2.45, 2.75) is 106 Å². The molecule has 5 aliphatic rings. The van der Waals surface area contributed by atoms with Crippen LogP contribution in [0.2, 0.25) is 0 Å². The van der Waals surface area contributed by atoms with Gasteiger partial charge in [-0.05, 0) is 92.4 Å². The third-order valence-electron chi connectivity index (χ3n) is 12.5. The molecule has 0 aromatic carbocycles. The van der Waals surface area contributed by atoms with Crippen molar-refractivity contribution in [1.29, 1.82) is 0 Å². The summed E-state index contributed by atoms with van der Waals surface area (Å²) in [6.45, 7) is 15.6. The molecule has 34 heavy (non-hydrogen) atoms. The minimum absolute atomic E-state index is 0.0677. The van der Waals surface area contributed by atoms with Crippen molar-refractivity contribution < 1.29 is 19.8 Å². The summed E-state index contributed by atoms with van der Waals surface area (Å²) in [6.07, 6.45) is 10.6. The van der Waals surface area contributed by atoms with E-state index in [-0.39, 0.29) is 27.8 Å². The molecular formula is C30H44O4. The first kappa shape index (κ1) is 24.3.